The molecule has 0 spiro atoms. The van der Waals surface area contributed by atoms with Gasteiger partial charge >= 0.3 is 5.97 Å². The van der Waals surface area contributed by atoms with Gasteiger partial charge in [-0.05, 0) is 25.5 Å². The molecule has 1 unspecified atom stereocenters. The molecule has 1 atom stereocenters. The van der Waals surface area contributed by atoms with Crippen LogP contribution in [0.5, 0.6) is 5.75 Å². The zero-order chi connectivity index (χ0) is 14.6. The Balaban J connectivity index is 3.22. The van der Waals surface area contributed by atoms with Crippen LogP contribution in [0.1, 0.15) is 31.9 Å². The van der Waals surface area contributed by atoms with Crippen molar-refractivity contribution in [1.82, 2.24) is 0 Å². The van der Waals surface area contributed by atoms with Gasteiger partial charge in [0.15, 0.2) is 0 Å². The number of methoxy groups -OCH3 is 1. The minimum Gasteiger partial charge on any atom is -0.426 e. The van der Waals surface area contributed by atoms with E-state index in [0.29, 0.717) is 11.3 Å². The maximum absolute atomic E-state index is 11.8. The molecule has 0 aliphatic rings. The highest BCUT2D eigenvalue weighted by atomic mass is 16.5. The molecule has 0 aliphatic heterocycles. The third kappa shape index (κ3) is 3.55. The molecule has 0 aliphatic carbocycles. The molecule has 1 rings (SSSR count). The summed E-state index contributed by atoms with van der Waals surface area (Å²) in [5.74, 6) is -0.0726. The maximum atomic E-state index is 11.8. The van der Waals surface area contributed by atoms with Crippen LogP contribution in [0.15, 0.2) is 18.2 Å². The molecule has 0 saturated heterocycles. The molecule has 0 bridgehead atoms. The van der Waals surface area contributed by atoms with Gasteiger partial charge in [0.1, 0.15) is 11.4 Å². The Morgan fingerprint density at radius 2 is 2.05 bits per heavy atom. The van der Waals surface area contributed by atoms with Crippen LogP contribution in [0.25, 0.3) is 0 Å². The number of ether oxygens (including phenoxy) is 2. The molecule has 0 saturated carbocycles. The van der Waals surface area contributed by atoms with Crippen molar-refractivity contribution < 1.29 is 19.4 Å². The normalized spacial score (nSPS) is 14.3. The molecular weight excluding hydrogens is 244 g/mol. The lowest BCUT2D eigenvalue weighted by Gasteiger charge is -2.28. The molecule has 106 valence electrons. The summed E-state index contributed by atoms with van der Waals surface area (Å²) in [4.78, 5) is 11.8. The summed E-state index contributed by atoms with van der Waals surface area (Å²) in [5, 5.41) is 9.51. The lowest BCUT2D eigenvalue weighted by molar-refractivity contribution is -0.138. The largest absolute Gasteiger partial charge is 0.426 e. The molecule has 0 fully saturated rings. The van der Waals surface area contributed by atoms with Crippen molar-refractivity contribution in [3.8, 4) is 5.75 Å². The number of aliphatic hydroxyl groups is 1. The smallest absolute Gasteiger partial charge is 0.313 e. The van der Waals surface area contributed by atoms with E-state index < -0.39 is 5.60 Å². The van der Waals surface area contributed by atoms with Gasteiger partial charge in [-0.25, -0.2) is 0 Å². The van der Waals surface area contributed by atoms with Crippen LogP contribution in [0.3, 0.4) is 0 Å². The summed E-state index contributed by atoms with van der Waals surface area (Å²) in [6.45, 7) is 7.03. The van der Waals surface area contributed by atoms with E-state index in [0.717, 1.165) is 5.56 Å². The Kier molecular flexibility index (Phi) is 5.09. The summed E-state index contributed by atoms with van der Waals surface area (Å²) in [5.41, 5.74) is 0.754. The monoisotopic (exact) mass is 266 g/mol. The van der Waals surface area contributed by atoms with Crippen molar-refractivity contribution >= 4 is 5.97 Å². The Bertz CT molecular complexity index is 447. The second-order valence-electron chi connectivity index (χ2n) is 5.17. The Hall–Kier alpha value is -1.39. The third-order valence-corrected chi connectivity index (χ3v) is 3.14. The average molecular weight is 266 g/mol. The first-order chi connectivity index (χ1) is 8.84. The summed E-state index contributed by atoms with van der Waals surface area (Å²) < 4.78 is 10.8. The van der Waals surface area contributed by atoms with Gasteiger partial charge in [0.2, 0.25) is 0 Å². The quantitative estimate of drug-likeness (QED) is 0.657. The highest BCUT2D eigenvalue weighted by Crippen LogP contribution is 2.33. The van der Waals surface area contributed by atoms with Crippen molar-refractivity contribution in [3.05, 3.63) is 29.3 Å². The number of esters is 1. The van der Waals surface area contributed by atoms with E-state index in [1.807, 2.05) is 19.1 Å². The van der Waals surface area contributed by atoms with Crippen LogP contribution in [0.2, 0.25) is 0 Å². The van der Waals surface area contributed by atoms with Crippen molar-refractivity contribution in [1.29, 1.82) is 0 Å². The van der Waals surface area contributed by atoms with Gasteiger partial charge in [-0.1, -0.05) is 26.0 Å². The van der Waals surface area contributed by atoms with Gasteiger partial charge in [-0.15, -0.1) is 0 Å². The second-order valence-corrected chi connectivity index (χ2v) is 5.17. The Morgan fingerprint density at radius 1 is 1.42 bits per heavy atom. The number of aliphatic hydroxyl groups excluding tert-OH is 1. The van der Waals surface area contributed by atoms with Gasteiger partial charge in [0.25, 0.3) is 0 Å². The zero-order valence-electron chi connectivity index (χ0n) is 12.2. The Morgan fingerprint density at radius 3 is 2.53 bits per heavy atom. The maximum Gasteiger partial charge on any atom is 0.313 e. The second kappa shape index (κ2) is 6.17. The number of hydrogen-bond acceptors (Lipinski definition) is 4. The molecule has 4 heteroatoms. The van der Waals surface area contributed by atoms with Crippen LogP contribution in [-0.2, 0) is 15.1 Å². The first kappa shape index (κ1) is 15.7. The predicted octanol–water partition coefficient (Wildman–Crippen LogP) is 2.41. The van der Waals surface area contributed by atoms with Gasteiger partial charge in [-0.3, -0.25) is 4.79 Å². The van der Waals surface area contributed by atoms with Crippen LogP contribution in [-0.4, -0.2) is 24.8 Å². The minimum absolute atomic E-state index is 0.196. The van der Waals surface area contributed by atoms with Gasteiger partial charge < -0.3 is 14.6 Å². The van der Waals surface area contributed by atoms with Crippen molar-refractivity contribution in [2.24, 2.45) is 5.92 Å². The van der Waals surface area contributed by atoms with Crippen molar-refractivity contribution in [2.75, 3.05) is 13.7 Å². The van der Waals surface area contributed by atoms with Gasteiger partial charge in [-0.2, -0.15) is 0 Å². The molecule has 4 nitrogen and oxygen atoms in total. The molecule has 1 aromatic rings. The SMILES string of the molecule is COC(C)(CO)c1ccc(C)cc1OC(=O)C(C)C. The van der Waals surface area contributed by atoms with Crippen LogP contribution >= 0.6 is 0 Å². The fourth-order valence-corrected chi connectivity index (χ4v) is 1.64. The highest BCUT2D eigenvalue weighted by molar-refractivity contribution is 5.74. The summed E-state index contributed by atoms with van der Waals surface area (Å²) in [6.07, 6.45) is 0. The fourth-order valence-electron chi connectivity index (χ4n) is 1.64. The molecule has 0 aromatic heterocycles. The molecule has 0 amide bonds. The molecule has 0 radical (unpaired) electrons. The van der Waals surface area contributed by atoms with Crippen molar-refractivity contribution in [2.45, 2.75) is 33.3 Å². The predicted molar refractivity (Wildman–Crippen MR) is 73.1 cm³/mol. The summed E-state index contributed by atoms with van der Waals surface area (Å²) in [7, 11) is 1.52. The molecule has 1 aromatic carbocycles. The lowest BCUT2D eigenvalue weighted by atomic mass is 9.94. The number of carbonyl (C=O) groups excluding carboxylic acids is 1. The zero-order valence-corrected chi connectivity index (χ0v) is 12.2. The molecule has 1 N–H and O–H groups in total. The topological polar surface area (TPSA) is 55.8 Å². The van der Waals surface area contributed by atoms with E-state index in [1.54, 1.807) is 26.8 Å². The number of hydrogen-bond donors (Lipinski definition) is 1. The number of carbonyl (C=O) groups is 1. The summed E-state index contributed by atoms with van der Waals surface area (Å²) >= 11 is 0. The van der Waals surface area contributed by atoms with E-state index in [9.17, 15) is 9.90 Å². The number of rotatable bonds is 5. The van der Waals surface area contributed by atoms with Crippen LogP contribution in [0.4, 0.5) is 0 Å². The van der Waals surface area contributed by atoms with E-state index in [2.05, 4.69) is 0 Å². The van der Waals surface area contributed by atoms with Crippen molar-refractivity contribution in [3.63, 3.8) is 0 Å². The lowest BCUT2D eigenvalue weighted by Crippen LogP contribution is -2.30. The first-order valence-electron chi connectivity index (χ1n) is 6.33. The number of benzene rings is 1. The Labute approximate surface area is 114 Å². The molecule has 19 heavy (non-hydrogen) atoms. The minimum atomic E-state index is -0.889. The van der Waals surface area contributed by atoms with E-state index in [1.165, 1.54) is 7.11 Å². The van der Waals surface area contributed by atoms with Gasteiger partial charge in [0, 0.05) is 12.7 Å². The molecule has 0 heterocycles. The van der Waals surface area contributed by atoms with Gasteiger partial charge in [0.05, 0.1) is 12.5 Å². The van der Waals surface area contributed by atoms with E-state index in [-0.39, 0.29) is 18.5 Å². The standard InChI is InChI=1S/C15H22O4/c1-10(2)14(17)19-13-8-11(3)6-7-12(13)15(4,9-16)18-5/h6-8,10,16H,9H2,1-5H3. The van der Waals surface area contributed by atoms with Crippen LogP contribution < -0.4 is 4.74 Å². The summed E-state index contributed by atoms with van der Waals surface area (Å²) in [6, 6.07) is 5.50. The third-order valence-electron chi connectivity index (χ3n) is 3.14. The van der Waals surface area contributed by atoms with Crippen LogP contribution in [0, 0.1) is 12.8 Å². The molecular formula is C15H22O4. The fraction of sp³-hybridized carbons (Fsp3) is 0.533. The van der Waals surface area contributed by atoms with E-state index >= 15 is 0 Å². The average Bonchev–Trinajstić information content (AvgIpc) is 2.38. The highest BCUT2D eigenvalue weighted by Gasteiger charge is 2.30. The van der Waals surface area contributed by atoms with E-state index in [4.69, 9.17) is 9.47 Å². The first-order valence-corrected chi connectivity index (χ1v) is 6.33. The number of aryl methyl sites for hydroxylation is 1.